The van der Waals surface area contributed by atoms with Gasteiger partial charge in [0, 0.05) is 42.6 Å². The number of carbonyl (C=O) groups is 1. The standard InChI is InChI=1S/C31H31F2N3O3S2/c32-25-10-7-21(17-26(25)33)30-35-28(24-4-2-1-3-23(24)27(37)18-31(19-34)11-12-31)29(40-30)20-5-8-22(9-6-20)36-13-15-41(38,39)16-14-36/h5-10,17,23-24H,1-4,11-16,18H2/t23-,24-/m1/s1. The van der Waals surface area contributed by atoms with Crippen molar-refractivity contribution in [3.63, 3.8) is 0 Å². The summed E-state index contributed by atoms with van der Waals surface area (Å²) in [5.41, 5.74) is 2.61. The predicted molar refractivity (Wildman–Crippen MR) is 155 cm³/mol. The average molecular weight is 596 g/mol. The van der Waals surface area contributed by atoms with E-state index in [0.717, 1.165) is 72.5 Å². The molecule has 0 unspecified atom stereocenters. The molecule has 0 bridgehead atoms. The lowest BCUT2D eigenvalue weighted by Gasteiger charge is -2.31. The van der Waals surface area contributed by atoms with E-state index in [1.807, 2.05) is 24.3 Å². The molecule has 2 saturated carbocycles. The van der Waals surface area contributed by atoms with Crippen LogP contribution in [-0.4, -0.2) is 43.8 Å². The second-order valence-electron chi connectivity index (χ2n) is 11.6. The summed E-state index contributed by atoms with van der Waals surface area (Å²) in [5.74, 6) is -1.82. The number of halogens is 2. The number of carbonyl (C=O) groups excluding carboxylic acids is 1. The molecule has 0 spiro atoms. The second-order valence-corrected chi connectivity index (χ2v) is 14.9. The molecule has 1 saturated heterocycles. The number of Topliss-reactive ketones (excluding diaryl/α,β-unsaturated/α-hetero) is 1. The van der Waals surface area contributed by atoms with E-state index in [4.69, 9.17) is 4.98 Å². The summed E-state index contributed by atoms with van der Waals surface area (Å²) < 4.78 is 51.6. The number of thiazole rings is 1. The molecular formula is C31H31F2N3O3S2. The Balaban J connectivity index is 1.36. The van der Waals surface area contributed by atoms with Gasteiger partial charge in [-0.3, -0.25) is 4.79 Å². The maximum absolute atomic E-state index is 14.2. The Morgan fingerprint density at radius 3 is 2.37 bits per heavy atom. The molecule has 2 heterocycles. The zero-order valence-electron chi connectivity index (χ0n) is 22.6. The predicted octanol–water partition coefficient (Wildman–Crippen LogP) is 6.53. The maximum atomic E-state index is 14.2. The van der Waals surface area contributed by atoms with E-state index in [-0.39, 0.29) is 35.5 Å². The Hall–Kier alpha value is -3.16. The molecule has 6 rings (SSSR count). The highest BCUT2D eigenvalue weighted by atomic mass is 32.2. The van der Waals surface area contributed by atoms with Gasteiger partial charge in [-0.2, -0.15) is 5.26 Å². The highest BCUT2D eigenvalue weighted by molar-refractivity contribution is 7.91. The van der Waals surface area contributed by atoms with Crippen LogP contribution in [0.5, 0.6) is 0 Å². The molecule has 1 aromatic heterocycles. The molecular weight excluding hydrogens is 564 g/mol. The zero-order chi connectivity index (χ0) is 28.8. The Labute approximate surface area is 242 Å². The summed E-state index contributed by atoms with van der Waals surface area (Å²) in [7, 11) is -2.99. The molecule has 1 aliphatic heterocycles. The van der Waals surface area contributed by atoms with Gasteiger partial charge in [0.1, 0.15) is 10.8 Å². The second kappa shape index (κ2) is 10.9. The number of nitriles is 1. The van der Waals surface area contributed by atoms with Crippen LogP contribution in [0.3, 0.4) is 0 Å². The summed E-state index contributed by atoms with van der Waals surface area (Å²) in [5, 5.41) is 10.2. The van der Waals surface area contributed by atoms with Crippen LogP contribution in [0.15, 0.2) is 42.5 Å². The van der Waals surface area contributed by atoms with Crippen molar-refractivity contribution in [2.45, 2.75) is 50.9 Å². The zero-order valence-corrected chi connectivity index (χ0v) is 24.2. The number of anilines is 1. The summed E-state index contributed by atoms with van der Waals surface area (Å²) in [6, 6.07) is 14.0. The van der Waals surface area contributed by atoms with Gasteiger partial charge in [-0.15, -0.1) is 11.3 Å². The number of ketones is 1. The SMILES string of the molecule is N#CC1(CC(=O)[C@@H]2CCCC[C@H]2c2nc(-c3ccc(F)c(F)c3)sc2-c2ccc(N3CCS(=O)(=O)CC3)cc2)CC1. The van der Waals surface area contributed by atoms with Gasteiger partial charge in [0.25, 0.3) is 0 Å². The van der Waals surface area contributed by atoms with Crippen molar-refractivity contribution in [2.75, 3.05) is 29.5 Å². The smallest absolute Gasteiger partial charge is 0.159 e. The van der Waals surface area contributed by atoms with Crippen LogP contribution in [0, 0.1) is 34.3 Å². The third-order valence-corrected chi connectivity index (χ3v) is 11.6. The van der Waals surface area contributed by atoms with Gasteiger partial charge in [-0.25, -0.2) is 22.2 Å². The van der Waals surface area contributed by atoms with Crippen LogP contribution in [-0.2, 0) is 14.6 Å². The van der Waals surface area contributed by atoms with Crippen LogP contribution in [0.2, 0.25) is 0 Å². The highest BCUT2D eigenvalue weighted by Crippen LogP contribution is 2.51. The van der Waals surface area contributed by atoms with Gasteiger partial charge in [0.15, 0.2) is 21.5 Å². The minimum absolute atomic E-state index is 0.122. The van der Waals surface area contributed by atoms with E-state index in [1.54, 1.807) is 0 Å². The van der Waals surface area contributed by atoms with E-state index in [9.17, 15) is 27.3 Å². The van der Waals surface area contributed by atoms with Gasteiger partial charge in [0.05, 0.1) is 33.6 Å². The normalized spacial score (nSPS) is 23.1. The lowest BCUT2D eigenvalue weighted by atomic mass is 9.73. The number of hydrogen-bond donors (Lipinski definition) is 0. The third-order valence-electron chi connectivity index (χ3n) is 8.79. The summed E-state index contributed by atoms with van der Waals surface area (Å²) in [6.45, 7) is 0.896. The lowest BCUT2D eigenvalue weighted by molar-refractivity contribution is -0.125. The first-order valence-electron chi connectivity index (χ1n) is 14.1. The minimum atomic E-state index is -2.99. The molecule has 10 heteroatoms. The fourth-order valence-corrected chi connectivity index (χ4v) is 8.46. The molecule has 41 heavy (non-hydrogen) atoms. The van der Waals surface area contributed by atoms with Crippen molar-refractivity contribution in [2.24, 2.45) is 11.3 Å². The van der Waals surface area contributed by atoms with E-state index < -0.39 is 26.9 Å². The van der Waals surface area contributed by atoms with Crippen molar-refractivity contribution in [1.82, 2.24) is 4.98 Å². The number of nitrogens with zero attached hydrogens (tertiary/aromatic N) is 3. The van der Waals surface area contributed by atoms with Crippen LogP contribution in [0.25, 0.3) is 21.0 Å². The van der Waals surface area contributed by atoms with Crippen LogP contribution in [0.4, 0.5) is 14.5 Å². The Morgan fingerprint density at radius 2 is 1.71 bits per heavy atom. The molecule has 3 fully saturated rings. The lowest BCUT2D eigenvalue weighted by Crippen LogP contribution is -2.40. The van der Waals surface area contributed by atoms with Crippen molar-refractivity contribution in [3.8, 4) is 27.1 Å². The molecule has 2 aliphatic carbocycles. The van der Waals surface area contributed by atoms with Crippen LogP contribution < -0.4 is 4.90 Å². The molecule has 214 valence electrons. The van der Waals surface area contributed by atoms with E-state index in [2.05, 4.69) is 11.0 Å². The molecule has 0 N–H and O–H groups in total. The number of hydrogen-bond acceptors (Lipinski definition) is 7. The Bertz CT molecular complexity index is 1610. The largest absolute Gasteiger partial charge is 0.369 e. The van der Waals surface area contributed by atoms with Gasteiger partial charge in [-0.05, 0) is 61.6 Å². The monoisotopic (exact) mass is 595 g/mol. The number of sulfone groups is 1. The fourth-order valence-electron chi connectivity index (χ4n) is 6.12. The first-order chi connectivity index (χ1) is 19.7. The molecule has 2 atom stereocenters. The van der Waals surface area contributed by atoms with Crippen molar-refractivity contribution in [3.05, 3.63) is 59.8 Å². The summed E-state index contributed by atoms with van der Waals surface area (Å²) >= 11 is 1.40. The number of aromatic nitrogens is 1. The summed E-state index contributed by atoms with van der Waals surface area (Å²) in [6.07, 6.45) is 5.27. The van der Waals surface area contributed by atoms with Gasteiger partial charge in [-0.1, -0.05) is 25.0 Å². The molecule has 0 radical (unpaired) electrons. The van der Waals surface area contributed by atoms with Crippen molar-refractivity contribution < 1.29 is 22.0 Å². The van der Waals surface area contributed by atoms with Gasteiger partial charge < -0.3 is 4.90 Å². The van der Waals surface area contributed by atoms with Gasteiger partial charge >= 0.3 is 0 Å². The highest BCUT2D eigenvalue weighted by Gasteiger charge is 2.47. The first-order valence-corrected chi connectivity index (χ1v) is 16.8. The fraction of sp³-hybridized carbons (Fsp3) is 0.452. The molecule has 2 aromatic carbocycles. The number of benzene rings is 2. The molecule has 3 aliphatic rings. The summed E-state index contributed by atoms with van der Waals surface area (Å²) in [4.78, 5) is 21.5. The molecule has 0 amide bonds. The van der Waals surface area contributed by atoms with Crippen molar-refractivity contribution in [1.29, 1.82) is 5.26 Å². The Kier molecular flexibility index (Phi) is 7.45. The maximum Gasteiger partial charge on any atom is 0.159 e. The topological polar surface area (TPSA) is 91.1 Å². The minimum Gasteiger partial charge on any atom is -0.369 e. The van der Waals surface area contributed by atoms with Crippen LogP contribution in [0.1, 0.15) is 56.6 Å². The van der Waals surface area contributed by atoms with E-state index >= 15 is 0 Å². The van der Waals surface area contributed by atoms with Crippen molar-refractivity contribution >= 4 is 32.6 Å². The van der Waals surface area contributed by atoms with E-state index in [1.165, 1.54) is 17.4 Å². The molecule has 6 nitrogen and oxygen atoms in total. The van der Waals surface area contributed by atoms with E-state index in [0.29, 0.717) is 23.7 Å². The quantitative estimate of drug-likeness (QED) is 0.309. The average Bonchev–Trinajstić information content (AvgIpc) is 3.61. The first kappa shape index (κ1) is 28.0. The Morgan fingerprint density at radius 1 is 1.02 bits per heavy atom. The van der Waals surface area contributed by atoms with Gasteiger partial charge in [0.2, 0.25) is 0 Å². The van der Waals surface area contributed by atoms with Crippen LogP contribution >= 0.6 is 11.3 Å². The third kappa shape index (κ3) is 5.80. The number of rotatable bonds is 7. The molecule has 3 aromatic rings.